The van der Waals surface area contributed by atoms with Crippen LogP contribution in [0.1, 0.15) is 25.7 Å². The first-order chi connectivity index (χ1) is 4.86. The quantitative estimate of drug-likeness (QED) is 0.463. The summed E-state index contributed by atoms with van der Waals surface area (Å²) in [6, 6.07) is 2.28. The second-order valence-electron chi connectivity index (χ2n) is 2.84. The highest BCUT2D eigenvalue weighted by molar-refractivity contribution is 4.98. The summed E-state index contributed by atoms with van der Waals surface area (Å²) in [6.07, 6.45) is 9.37. The molecule has 0 aromatic rings. The molecule has 0 N–H and O–H groups in total. The molecule has 1 nitrogen and oxygen atoms in total. The zero-order valence-corrected chi connectivity index (χ0v) is 6.01. The van der Waals surface area contributed by atoms with Gasteiger partial charge in [-0.1, -0.05) is 0 Å². The van der Waals surface area contributed by atoms with Crippen LogP contribution < -0.4 is 0 Å². The van der Waals surface area contributed by atoms with Crippen molar-refractivity contribution in [2.24, 2.45) is 11.8 Å². The van der Waals surface area contributed by atoms with Crippen LogP contribution in [0.3, 0.4) is 0 Å². The van der Waals surface area contributed by atoms with Crippen LogP contribution in [-0.2, 0) is 0 Å². The molecule has 0 heterocycles. The molecule has 0 spiro atoms. The van der Waals surface area contributed by atoms with Gasteiger partial charge in [0.05, 0.1) is 6.07 Å². The molecule has 0 atom stereocenters. The maximum atomic E-state index is 8.55. The van der Waals surface area contributed by atoms with Gasteiger partial charge in [0.15, 0.2) is 0 Å². The van der Waals surface area contributed by atoms with E-state index in [1.165, 1.54) is 0 Å². The van der Waals surface area contributed by atoms with Gasteiger partial charge in [-0.25, -0.2) is 0 Å². The van der Waals surface area contributed by atoms with Crippen molar-refractivity contribution in [2.45, 2.75) is 25.7 Å². The highest BCUT2D eigenvalue weighted by Crippen LogP contribution is 2.27. The zero-order valence-electron chi connectivity index (χ0n) is 6.01. The Labute approximate surface area is 62.0 Å². The van der Waals surface area contributed by atoms with Gasteiger partial charge in [-0.15, -0.1) is 12.3 Å². The molecule has 0 aromatic carbocycles. The first kappa shape index (κ1) is 7.16. The van der Waals surface area contributed by atoms with Crippen LogP contribution in [-0.4, -0.2) is 0 Å². The van der Waals surface area contributed by atoms with Crippen molar-refractivity contribution in [2.75, 3.05) is 0 Å². The predicted molar refractivity (Wildman–Crippen MR) is 39.9 cm³/mol. The van der Waals surface area contributed by atoms with E-state index in [9.17, 15) is 0 Å². The third-order valence-electron chi connectivity index (χ3n) is 2.15. The van der Waals surface area contributed by atoms with Crippen molar-refractivity contribution in [3.8, 4) is 18.4 Å². The topological polar surface area (TPSA) is 23.8 Å². The summed E-state index contributed by atoms with van der Waals surface area (Å²) in [4.78, 5) is 0. The lowest BCUT2D eigenvalue weighted by Gasteiger charge is -2.19. The molecule has 0 radical (unpaired) electrons. The van der Waals surface area contributed by atoms with E-state index in [1.54, 1.807) is 0 Å². The molecule has 0 unspecified atom stereocenters. The Balaban J connectivity index is 2.34. The van der Waals surface area contributed by atoms with Crippen LogP contribution in [0.5, 0.6) is 0 Å². The molecule has 0 aliphatic heterocycles. The maximum absolute atomic E-state index is 8.55. The Morgan fingerprint density at radius 1 is 1.10 bits per heavy atom. The van der Waals surface area contributed by atoms with Crippen LogP contribution in [0.15, 0.2) is 0 Å². The van der Waals surface area contributed by atoms with E-state index >= 15 is 0 Å². The van der Waals surface area contributed by atoms with Crippen molar-refractivity contribution in [3.63, 3.8) is 0 Å². The smallest absolute Gasteiger partial charge is 0.0655 e. The van der Waals surface area contributed by atoms with Gasteiger partial charge >= 0.3 is 0 Å². The Kier molecular flexibility index (Phi) is 2.35. The molecule has 52 valence electrons. The van der Waals surface area contributed by atoms with Gasteiger partial charge in [-0.05, 0) is 25.7 Å². The minimum atomic E-state index is 0.282. The molecule has 0 amide bonds. The first-order valence-electron chi connectivity index (χ1n) is 3.72. The summed E-state index contributed by atoms with van der Waals surface area (Å²) in [5.74, 6) is 3.47. The zero-order chi connectivity index (χ0) is 7.40. The van der Waals surface area contributed by atoms with E-state index in [0.717, 1.165) is 25.7 Å². The minimum Gasteiger partial charge on any atom is -0.198 e. The molecule has 1 aliphatic carbocycles. The van der Waals surface area contributed by atoms with Gasteiger partial charge < -0.3 is 0 Å². The molecule has 10 heavy (non-hydrogen) atoms. The number of hydrogen-bond donors (Lipinski definition) is 0. The largest absolute Gasteiger partial charge is 0.198 e. The van der Waals surface area contributed by atoms with Crippen LogP contribution in [0.25, 0.3) is 0 Å². The van der Waals surface area contributed by atoms with Crippen molar-refractivity contribution < 1.29 is 0 Å². The average Bonchev–Trinajstić information content (AvgIpc) is 2.05. The van der Waals surface area contributed by atoms with Gasteiger partial charge in [-0.3, -0.25) is 0 Å². The Hall–Kier alpha value is -0.950. The lowest BCUT2D eigenvalue weighted by Crippen LogP contribution is -2.11. The van der Waals surface area contributed by atoms with Gasteiger partial charge in [0.2, 0.25) is 0 Å². The Morgan fingerprint density at radius 3 is 2.00 bits per heavy atom. The number of rotatable bonds is 0. The second kappa shape index (κ2) is 3.28. The normalized spacial score (nSPS) is 32.2. The van der Waals surface area contributed by atoms with E-state index in [2.05, 4.69) is 12.0 Å². The molecule has 1 saturated carbocycles. The van der Waals surface area contributed by atoms with Crippen molar-refractivity contribution >= 4 is 0 Å². The fourth-order valence-electron chi connectivity index (χ4n) is 1.39. The third kappa shape index (κ3) is 1.52. The standard InChI is InChI=1S/C9H11N/c1-2-8-3-5-9(7-10)6-4-8/h1,8-9H,3-6H2. The number of terminal acetylenes is 1. The molecule has 0 aromatic heterocycles. The highest BCUT2D eigenvalue weighted by Gasteiger charge is 2.18. The van der Waals surface area contributed by atoms with Crippen LogP contribution in [0, 0.1) is 35.5 Å². The van der Waals surface area contributed by atoms with E-state index in [1.807, 2.05) is 0 Å². The van der Waals surface area contributed by atoms with Crippen molar-refractivity contribution in [3.05, 3.63) is 0 Å². The van der Waals surface area contributed by atoms with Crippen LogP contribution in [0.4, 0.5) is 0 Å². The third-order valence-corrected chi connectivity index (χ3v) is 2.15. The molecule has 0 bridgehead atoms. The lowest BCUT2D eigenvalue weighted by atomic mass is 9.83. The fourth-order valence-corrected chi connectivity index (χ4v) is 1.39. The molecule has 1 heteroatoms. The van der Waals surface area contributed by atoms with E-state index in [-0.39, 0.29) is 5.92 Å². The molecule has 1 rings (SSSR count). The molecular weight excluding hydrogens is 122 g/mol. The molecule has 1 aliphatic rings. The molecule has 0 saturated heterocycles. The first-order valence-corrected chi connectivity index (χ1v) is 3.72. The lowest BCUT2D eigenvalue weighted by molar-refractivity contribution is 0.371. The Bertz CT molecular complexity index is 152. The maximum Gasteiger partial charge on any atom is 0.0655 e. The Morgan fingerprint density at radius 2 is 1.60 bits per heavy atom. The summed E-state index contributed by atoms with van der Waals surface area (Å²) in [5.41, 5.74) is 0. The van der Waals surface area contributed by atoms with Gasteiger partial charge in [0.1, 0.15) is 0 Å². The van der Waals surface area contributed by atoms with E-state index in [4.69, 9.17) is 11.7 Å². The summed E-state index contributed by atoms with van der Waals surface area (Å²) < 4.78 is 0. The monoisotopic (exact) mass is 133 g/mol. The predicted octanol–water partition coefficient (Wildman–Crippen LogP) is 1.95. The fraction of sp³-hybridized carbons (Fsp3) is 0.667. The van der Waals surface area contributed by atoms with Crippen molar-refractivity contribution in [1.82, 2.24) is 0 Å². The van der Waals surface area contributed by atoms with Crippen LogP contribution in [0.2, 0.25) is 0 Å². The summed E-state index contributed by atoms with van der Waals surface area (Å²) >= 11 is 0. The van der Waals surface area contributed by atoms with Crippen LogP contribution >= 0.6 is 0 Å². The highest BCUT2D eigenvalue weighted by atomic mass is 14.3. The van der Waals surface area contributed by atoms with Crippen molar-refractivity contribution in [1.29, 1.82) is 5.26 Å². The number of hydrogen-bond acceptors (Lipinski definition) is 1. The van der Waals surface area contributed by atoms with Gasteiger partial charge in [-0.2, -0.15) is 5.26 Å². The summed E-state index contributed by atoms with van der Waals surface area (Å²) in [7, 11) is 0. The number of nitriles is 1. The minimum absolute atomic E-state index is 0.282. The SMILES string of the molecule is C#CC1CCC(C#N)CC1. The number of nitrogens with zero attached hydrogens (tertiary/aromatic N) is 1. The van der Waals surface area contributed by atoms with Gasteiger partial charge in [0, 0.05) is 11.8 Å². The second-order valence-corrected chi connectivity index (χ2v) is 2.84. The van der Waals surface area contributed by atoms with E-state index < -0.39 is 0 Å². The molecule has 1 fully saturated rings. The van der Waals surface area contributed by atoms with Gasteiger partial charge in [0.25, 0.3) is 0 Å². The molecular formula is C9H11N. The summed E-state index contributed by atoms with van der Waals surface area (Å²) in [6.45, 7) is 0. The van der Waals surface area contributed by atoms with E-state index in [0.29, 0.717) is 5.92 Å². The summed E-state index contributed by atoms with van der Waals surface area (Å²) in [5, 5.41) is 8.55. The average molecular weight is 133 g/mol.